The monoisotopic (exact) mass is 267 g/mol. The van der Waals surface area contributed by atoms with Crippen LogP contribution in [0, 0.1) is 5.92 Å². The van der Waals surface area contributed by atoms with E-state index in [0.29, 0.717) is 18.1 Å². The minimum atomic E-state index is 0.413. The van der Waals surface area contributed by atoms with E-state index in [2.05, 4.69) is 36.7 Å². The molecule has 0 spiro atoms. The largest absolute Gasteiger partial charge is 0.376 e. The first-order chi connectivity index (χ1) is 8.81. The lowest BCUT2D eigenvalue weighted by Gasteiger charge is -2.27. The smallest absolute Gasteiger partial charge is 0.0754 e. The summed E-state index contributed by atoms with van der Waals surface area (Å²) >= 11 is 1.86. The van der Waals surface area contributed by atoms with E-state index in [-0.39, 0.29) is 0 Å². The molecule has 2 rings (SSSR count). The summed E-state index contributed by atoms with van der Waals surface area (Å²) in [5.41, 5.74) is 0. The maximum atomic E-state index is 5.94. The molecule has 1 fully saturated rings. The second kappa shape index (κ2) is 7.27. The molecule has 1 aliphatic heterocycles. The molecule has 3 atom stereocenters. The summed E-state index contributed by atoms with van der Waals surface area (Å²) in [6, 6.07) is 4.90. The third-order valence-corrected chi connectivity index (χ3v) is 4.72. The van der Waals surface area contributed by atoms with Crippen LogP contribution in [0.3, 0.4) is 0 Å². The topological polar surface area (TPSA) is 21.3 Å². The first-order valence-electron chi connectivity index (χ1n) is 7.18. The summed E-state index contributed by atoms with van der Waals surface area (Å²) < 4.78 is 5.94. The zero-order chi connectivity index (χ0) is 12.8. The van der Waals surface area contributed by atoms with Crippen LogP contribution in [0.25, 0.3) is 0 Å². The zero-order valence-electron chi connectivity index (χ0n) is 11.5. The average molecular weight is 267 g/mol. The number of thiophene rings is 1. The number of hydrogen-bond acceptors (Lipinski definition) is 3. The van der Waals surface area contributed by atoms with Gasteiger partial charge < -0.3 is 10.1 Å². The van der Waals surface area contributed by atoms with Crippen LogP contribution in [0.15, 0.2) is 17.5 Å². The van der Waals surface area contributed by atoms with Gasteiger partial charge in [0.2, 0.25) is 0 Å². The fourth-order valence-corrected chi connectivity index (χ4v) is 3.42. The Morgan fingerprint density at radius 3 is 3.06 bits per heavy atom. The van der Waals surface area contributed by atoms with Gasteiger partial charge in [0.25, 0.3) is 0 Å². The molecule has 0 radical (unpaired) electrons. The van der Waals surface area contributed by atoms with Gasteiger partial charge in [-0.15, -0.1) is 11.3 Å². The van der Waals surface area contributed by atoms with E-state index in [0.717, 1.165) is 13.2 Å². The van der Waals surface area contributed by atoms with E-state index in [1.54, 1.807) is 0 Å². The Bertz CT molecular complexity index is 325. The predicted molar refractivity (Wildman–Crippen MR) is 78.2 cm³/mol. The molecule has 3 heteroatoms. The first-order valence-corrected chi connectivity index (χ1v) is 8.06. The van der Waals surface area contributed by atoms with E-state index in [1.807, 2.05) is 11.3 Å². The van der Waals surface area contributed by atoms with E-state index < -0.39 is 0 Å². The SMILES string of the molecule is CCCNC(CCc1cccs1)C1OCCC1C. The van der Waals surface area contributed by atoms with Crippen LogP contribution >= 0.6 is 11.3 Å². The van der Waals surface area contributed by atoms with Crippen LogP contribution in [-0.4, -0.2) is 25.3 Å². The first kappa shape index (κ1) is 14.0. The van der Waals surface area contributed by atoms with Crippen LogP contribution in [0.2, 0.25) is 0 Å². The van der Waals surface area contributed by atoms with Crippen molar-refractivity contribution in [3.63, 3.8) is 0 Å². The fraction of sp³-hybridized carbons (Fsp3) is 0.733. The highest BCUT2D eigenvalue weighted by Crippen LogP contribution is 2.25. The number of rotatable bonds is 7. The van der Waals surface area contributed by atoms with Crippen molar-refractivity contribution in [2.45, 2.75) is 51.7 Å². The van der Waals surface area contributed by atoms with Gasteiger partial charge in [0.05, 0.1) is 6.10 Å². The number of ether oxygens (including phenoxy) is 1. The Morgan fingerprint density at radius 2 is 2.44 bits per heavy atom. The van der Waals surface area contributed by atoms with Gasteiger partial charge in [-0.2, -0.15) is 0 Å². The van der Waals surface area contributed by atoms with Crippen LogP contribution in [0.5, 0.6) is 0 Å². The van der Waals surface area contributed by atoms with Crippen molar-refractivity contribution in [1.29, 1.82) is 0 Å². The van der Waals surface area contributed by atoms with Gasteiger partial charge in [0.15, 0.2) is 0 Å². The summed E-state index contributed by atoms with van der Waals surface area (Å²) in [7, 11) is 0. The Labute approximate surface area is 115 Å². The standard InChI is InChI=1S/C15H25NOS/c1-3-9-16-14(15-12(2)8-10-17-15)7-6-13-5-4-11-18-13/h4-5,11-12,14-16H,3,6-10H2,1-2H3. The lowest BCUT2D eigenvalue weighted by atomic mass is 9.94. The molecule has 0 aliphatic carbocycles. The quantitative estimate of drug-likeness (QED) is 0.816. The van der Waals surface area contributed by atoms with Gasteiger partial charge >= 0.3 is 0 Å². The highest BCUT2D eigenvalue weighted by Gasteiger charge is 2.31. The lowest BCUT2D eigenvalue weighted by Crippen LogP contribution is -2.42. The van der Waals surface area contributed by atoms with Crippen LogP contribution in [0.1, 0.15) is 38.0 Å². The third kappa shape index (κ3) is 3.81. The summed E-state index contributed by atoms with van der Waals surface area (Å²) in [6.07, 6.45) is 5.18. The van der Waals surface area contributed by atoms with Crippen LogP contribution < -0.4 is 5.32 Å². The maximum absolute atomic E-state index is 5.94. The third-order valence-electron chi connectivity index (χ3n) is 3.78. The predicted octanol–water partition coefficient (Wildman–Crippen LogP) is 3.47. The summed E-state index contributed by atoms with van der Waals surface area (Å²) in [4.78, 5) is 1.49. The van der Waals surface area contributed by atoms with Gasteiger partial charge in [0, 0.05) is 17.5 Å². The molecular formula is C15H25NOS. The van der Waals surface area contributed by atoms with Crippen LogP contribution in [0.4, 0.5) is 0 Å². The van der Waals surface area contributed by atoms with E-state index >= 15 is 0 Å². The Kier molecular flexibility index (Phi) is 5.67. The van der Waals surface area contributed by atoms with E-state index in [9.17, 15) is 0 Å². The molecule has 0 amide bonds. The van der Waals surface area contributed by atoms with Gasteiger partial charge in [-0.05, 0) is 49.6 Å². The minimum Gasteiger partial charge on any atom is -0.376 e. The number of aryl methyl sites for hydroxylation is 1. The van der Waals surface area contributed by atoms with Crippen molar-refractivity contribution in [2.75, 3.05) is 13.2 Å². The summed E-state index contributed by atoms with van der Waals surface area (Å²) in [6.45, 7) is 6.59. The van der Waals surface area contributed by atoms with Crippen LogP contribution in [-0.2, 0) is 11.2 Å². The maximum Gasteiger partial charge on any atom is 0.0754 e. The van der Waals surface area contributed by atoms with E-state index in [1.165, 1.54) is 30.6 Å². The molecule has 0 saturated carbocycles. The molecule has 0 bridgehead atoms. The molecule has 0 aromatic carbocycles. The summed E-state index contributed by atoms with van der Waals surface area (Å²) in [5, 5.41) is 5.85. The van der Waals surface area contributed by atoms with Gasteiger partial charge in [-0.25, -0.2) is 0 Å². The highest BCUT2D eigenvalue weighted by molar-refractivity contribution is 7.09. The summed E-state index contributed by atoms with van der Waals surface area (Å²) in [5.74, 6) is 0.697. The Hall–Kier alpha value is -0.380. The Morgan fingerprint density at radius 1 is 1.56 bits per heavy atom. The normalized spacial score (nSPS) is 25.4. The fourth-order valence-electron chi connectivity index (χ4n) is 2.70. The van der Waals surface area contributed by atoms with Gasteiger partial charge in [-0.1, -0.05) is 19.9 Å². The Balaban J connectivity index is 1.87. The molecule has 2 heterocycles. The number of hydrogen-bond donors (Lipinski definition) is 1. The second-order valence-corrected chi connectivity index (χ2v) is 6.31. The molecule has 18 heavy (non-hydrogen) atoms. The average Bonchev–Trinajstić information content (AvgIpc) is 3.01. The molecule has 2 nitrogen and oxygen atoms in total. The van der Waals surface area contributed by atoms with Crippen molar-refractivity contribution < 1.29 is 4.74 Å². The highest BCUT2D eigenvalue weighted by atomic mass is 32.1. The molecule has 102 valence electrons. The van der Waals surface area contributed by atoms with Crippen molar-refractivity contribution >= 4 is 11.3 Å². The number of nitrogens with one attached hydrogen (secondary N) is 1. The van der Waals surface area contributed by atoms with Crippen molar-refractivity contribution in [3.05, 3.63) is 22.4 Å². The second-order valence-electron chi connectivity index (χ2n) is 5.28. The molecule has 3 unspecified atom stereocenters. The lowest BCUT2D eigenvalue weighted by molar-refractivity contribution is 0.0584. The van der Waals surface area contributed by atoms with Gasteiger partial charge in [0.1, 0.15) is 0 Å². The molecule has 1 N–H and O–H groups in total. The molecule has 1 aliphatic rings. The molecular weight excluding hydrogens is 242 g/mol. The van der Waals surface area contributed by atoms with Crippen molar-refractivity contribution in [1.82, 2.24) is 5.32 Å². The minimum absolute atomic E-state index is 0.413. The van der Waals surface area contributed by atoms with Crippen molar-refractivity contribution in [3.8, 4) is 0 Å². The van der Waals surface area contributed by atoms with Gasteiger partial charge in [-0.3, -0.25) is 0 Å². The van der Waals surface area contributed by atoms with Crippen molar-refractivity contribution in [2.24, 2.45) is 5.92 Å². The zero-order valence-corrected chi connectivity index (χ0v) is 12.3. The van der Waals surface area contributed by atoms with E-state index in [4.69, 9.17) is 4.74 Å². The molecule has 1 saturated heterocycles. The molecule has 1 aromatic rings. The molecule has 1 aromatic heterocycles.